The molecule has 2 rings (SSSR count). The Hall–Kier alpha value is -1.18. The highest BCUT2D eigenvalue weighted by molar-refractivity contribution is 7.90. The van der Waals surface area contributed by atoms with Gasteiger partial charge in [-0.15, -0.1) is 0 Å². The normalized spacial score (nSPS) is 19.8. The third kappa shape index (κ3) is 3.68. The highest BCUT2D eigenvalue weighted by Gasteiger charge is 2.28. The van der Waals surface area contributed by atoms with Crippen LogP contribution in [0.3, 0.4) is 0 Å². The van der Waals surface area contributed by atoms with Gasteiger partial charge >= 0.3 is 0 Å². The Labute approximate surface area is 118 Å². The fourth-order valence-corrected chi connectivity index (χ4v) is 2.49. The molecule has 0 amide bonds. The second-order valence-electron chi connectivity index (χ2n) is 5.28. The summed E-state index contributed by atoms with van der Waals surface area (Å²) < 4.78 is 47.6. The van der Waals surface area contributed by atoms with Crippen molar-refractivity contribution < 1.29 is 22.3 Å². The van der Waals surface area contributed by atoms with Crippen molar-refractivity contribution in [3.63, 3.8) is 0 Å². The first-order valence-electron chi connectivity index (χ1n) is 6.21. The van der Waals surface area contributed by atoms with Crippen LogP contribution in [0.5, 0.6) is 0 Å². The molecule has 1 aliphatic heterocycles. The maximum atomic E-state index is 13.7. The molecule has 1 aromatic rings. The molecule has 0 atom stereocenters. The van der Waals surface area contributed by atoms with E-state index >= 15 is 0 Å². The number of rotatable bonds is 3. The van der Waals surface area contributed by atoms with Crippen LogP contribution in [0.4, 0.5) is 10.1 Å². The zero-order chi connectivity index (χ0) is 15.0. The molecule has 1 N–H and O–H groups in total. The van der Waals surface area contributed by atoms with Gasteiger partial charge in [-0.05, 0) is 32.0 Å². The van der Waals surface area contributed by atoms with E-state index in [1.54, 1.807) is 13.8 Å². The average Bonchev–Trinajstić information content (AvgIpc) is 2.33. The lowest BCUT2D eigenvalue weighted by molar-refractivity contribution is -0.247. The molecule has 1 aromatic carbocycles. The summed E-state index contributed by atoms with van der Waals surface area (Å²) in [6.07, 6.45) is 1.08. The van der Waals surface area contributed by atoms with E-state index in [2.05, 4.69) is 5.32 Å². The van der Waals surface area contributed by atoms with Crippen LogP contribution in [0.2, 0.25) is 0 Å². The Bertz CT molecular complexity index is 590. The van der Waals surface area contributed by atoms with Gasteiger partial charge in [-0.3, -0.25) is 0 Å². The molecule has 5 nitrogen and oxygen atoms in total. The second-order valence-corrected chi connectivity index (χ2v) is 7.29. The molecule has 7 heteroatoms. The first kappa shape index (κ1) is 15.2. The maximum Gasteiger partial charge on any atom is 0.175 e. The molecule has 112 valence electrons. The van der Waals surface area contributed by atoms with Crippen LogP contribution in [-0.4, -0.2) is 39.7 Å². The van der Waals surface area contributed by atoms with Crippen LogP contribution in [-0.2, 0) is 19.3 Å². The molecule has 1 saturated heterocycles. The number of hydrogen-bond donors (Lipinski definition) is 1. The van der Waals surface area contributed by atoms with Gasteiger partial charge in [0, 0.05) is 6.26 Å². The monoisotopic (exact) mass is 303 g/mol. The number of ether oxygens (including phenoxy) is 2. The number of sulfone groups is 1. The number of nitrogens with one attached hydrogen (secondary N) is 1. The Balaban J connectivity index is 2.14. The molecule has 0 unspecified atom stereocenters. The quantitative estimate of drug-likeness (QED) is 0.863. The Morgan fingerprint density at radius 2 is 1.90 bits per heavy atom. The molecule has 0 spiro atoms. The lowest BCUT2D eigenvalue weighted by Gasteiger charge is -2.35. The van der Waals surface area contributed by atoms with Crippen molar-refractivity contribution in [2.24, 2.45) is 0 Å². The number of benzene rings is 1. The molecule has 1 aliphatic rings. The SMILES string of the molecule is CC1(C)OCC(Nc2cc(S(C)(=O)=O)ccc2F)CO1. The zero-order valence-electron chi connectivity index (χ0n) is 11.6. The van der Waals surface area contributed by atoms with Crippen molar-refractivity contribution in [2.45, 2.75) is 30.6 Å². The fraction of sp³-hybridized carbons (Fsp3) is 0.538. The molecule has 1 heterocycles. The average molecular weight is 303 g/mol. The molecular weight excluding hydrogens is 285 g/mol. The van der Waals surface area contributed by atoms with E-state index in [-0.39, 0.29) is 16.6 Å². The van der Waals surface area contributed by atoms with Gasteiger partial charge in [-0.1, -0.05) is 0 Å². The van der Waals surface area contributed by atoms with Crippen LogP contribution >= 0.6 is 0 Å². The highest BCUT2D eigenvalue weighted by atomic mass is 32.2. The zero-order valence-corrected chi connectivity index (χ0v) is 12.5. The fourth-order valence-electron chi connectivity index (χ4n) is 1.84. The molecule has 0 saturated carbocycles. The van der Waals surface area contributed by atoms with Gasteiger partial charge in [0.15, 0.2) is 15.6 Å². The Morgan fingerprint density at radius 3 is 2.45 bits per heavy atom. The summed E-state index contributed by atoms with van der Waals surface area (Å²) >= 11 is 0. The van der Waals surface area contributed by atoms with Crippen molar-refractivity contribution in [2.75, 3.05) is 24.8 Å². The predicted octanol–water partition coefficient (Wildman–Crippen LogP) is 1.79. The van der Waals surface area contributed by atoms with Crippen LogP contribution in [0.25, 0.3) is 0 Å². The summed E-state index contributed by atoms with van der Waals surface area (Å²) in [6, 6.07) is 3.43. The van der Waals surface area contributed by atoms with Crippen LogP contribution < -0.4 is 5.32 Å². The summed E-state index contributed by atoms with van der Waals surface area (Å²) in [5.74, 6) is -1.16. The van der Waals surface area contributed by atoms with E-state index in [0.29, 0.717) is 13.2 Å². The molecule has 20 heavy (non-hydrogen) atoms. The molecule has 1 fully saturated rings. The number of anilines is 1. The smallest absolute Gasteiger partial charge is 0.175 e. The van der Waals surface area contributed by atoms with E-state index in [4.69, 9.17) is 9.47 Å². The minimum Gasteiger partial charge on any atom is -0.375 e. The lowest BCUT2D eigenvalue weighted by Crippen LogP contribution is -2.45. The van der Waals surface area contributed by atoms with Crippen molar-refractivity contribution >= 4 is 15.5 Å². The molecular formula is C13H18FNO4S. The molecule has 0 aliphatic carbocycles. The van der Waals surface area contributed by atoms with Gasteiger partial charge in [0.05, 0.1) is 29.8 Å². The third-order valence-electron chi connectivity index (χ3n) is 2.99. The number of halogens is 1. The van der Waals surface area contributed by atoms with E-state index in [0.717, 1.165) is 12.3 Å². The van der Waals surface area contributed by atoms with E-state index in [1.165, 1.54) is 12.1 Å². The largest absolute Gasteiger partial charge is 0.375 e. The summed E-state index contributed by atoms with van der Waals surface area (Å²) in [4.78, 5) is 0.0689. The third-order valence-corrected chi connectivity index (χ3v) is 4.10. The van der Waals surface area contributed by atoms with Crippen molar-refractivity contribution in [1.82, 2.24) is 0 Å². The Morgan fingerprint density at radius 1 is 1.30 bits per heavy atom. The van der Waals surface area contributed by atoms with E-state index in [9.17, 15) is 12.8 Å². The van der Waals surface area contributed by atoms with Gasteiger partial charge in [-0.2, -0.15) is 0 Å². The van der Waals surface area contributed by atoms with Crippen molar-refractivity contribution in [3.05, 3.63) is 24.0 Å². The summed E-state index contributed by atoms with van der Waals surface area (Å²) in [7, 11) is -3.37. The van der Waals surface area contributed by atoms with Crippen molar-refractivity contribution in [1.29, 1.82) is 0 Å². The van der Waals surface area contributed by atoms with Gasteiger partial charge in [0.1, 0.15) is 5.82 Å². The van der Waals surface area contributed by atoms with Crippen molar-refractivity contribution in [3.8, 4) is 0 Å². The van der Waals surface area contributed by atoms with Crippen LogP contribution in [0.1, 0.15) is 13.8 Å². The predicted molar refractivity (Wildman–Crippen MR) is 72.9 cm³/mol. The Kier molecular flexibility index (Phi) is 4.04. The second kappa shape index (κ2) is 5.31. The number of hydrogen-bond acceptors (Lipinski definition) is 5. The van der Waals surface area contributed by atoms with Crippen LogP contribution in [0.15, 0.2) is 23.1 Å². The lowest BCUT2D eigenvalue weighted by atomic mass is 10.2. The summed E-state index contributed by atoms with van der Waals surface area (Å²) in [5, 5.41) is 2.91. The highest BCUT2D eigenvalue weighted by Crippen LogP contribution is 2.23. The standard InChI is InChI=1S/C13H18FNO4S/c1-13(2)18-7-9(8-19-13)15-12-6-10(20(3,16)17)4-5-11(12)14/h4-6,9,15H,7-8H2,1-3H3. The summed E-state index contributed by atoms with van der Waals surface area (Å²) in [6.45, 7) is 4.31. The van der Waals surface area contributed by atoms with Gasteiger partial charge in [0.2, 0.25) is 0 Å². The van der Waals surface area contributed by atoms with Crippen LogP contribution in [0, 0.1) is 5.82 Å². The van der Waals surface area contributed by atoms with Gasteiger partial charge in [0.25, 0.3) is 0 Å². The molecule has 0 radical (unpaired) electrons. The van der Waals surface area contributed by atoms with E-state index < -0.39 is 21.4 Å². The van der Waals surface area contributed by atoms with E-state index in [1.807, 2.05) is 0 Å². The first-order chi connectivity index (χ1) is 9.17. The molecule has 0 bridgehead atoms. The van der Waals surface area contributed by atoms with Gasteiger partial charge in [-0.25, -0.2) is 12.8 Å². The minimum atomic E-state index is -3.37. The first-order valence-corrected chi connectivity index (χ1v) is 8.10. The maximum absolute atomic E-state index is 13.7. The summed E-state index contributed by atoms with van der Waals surface area (Å²) in [5.41, 5.74) is 0.129. The minimum absolute atomic E-state index is 0.0689. The topological polar surface area (TPSA) is 64.6 Å². The van der Waals surface area contributed by atoms with Gasteiger partial charge < -0.3 is 14.8 Å². The molecule has 0 aromatic heterocycles.